The fourth-order valence-corrected chi connectivity index (χ4v) is 7.21. The van der Waals surface area contributed by atoms with Gasteiger partial charge in [-0.2, -0.15) is 10.1 Å². The van der Waals surface area contributed by atoms with Crippen LogP contribution in [0.2, 0.25) is 0 Å². The molecule has 170 valence electrons. The van der Waals surface area contributed by atoms with E-state index < -0.39 is 11.4 Å². The van der Waals surface area contributed by atoms with Crippen LogP contribution in [0.3, 0.4) is 0 Å². The number of nitrogens with one attached hydrogen (secondary N) is 1. The molecule has 10 heteroatoms. The van der Waals surface area contributed by atoms with Crippen molar-refractivity contribution >= 4 is 28.8 Å². The molecule has 9 nitrogen and oxygen atoms in total. The Morgan fingerprint density at radius 3 is 2.76 bits per heavy atom. The van der Waals surface area contributed by atoms with E-state index in [9.17, 15) is 9.50 Å². The van der Waals surface area contributed by atoms with E-state index in [4.69, 9.17) is 4.98 Å². The third-order valence-corrected chi connectivity index (χ3v) is 8.05. The Balaban J connectivity index is 1.29. The van der Waals surface area contributed by atoms with Crippen molar-refractivity contribution in [2.75, 3.05) is 22.2 Å². The highest BCUT2D eigenvalue weighted by Crippen LogP contribution is 2.62. The van der Waals surface area contributed by atoms with Gasteiger partial charge in [-0.1, -0.05) is 6.58 Å². The zero-order valence-electron chi connectivity index (χ0n) is 18.4. The van der Waals surface area contributed by atoms with Crippen molar-refractivity contribution in [1.29, 1.82) is 0 Å². The first kappa shape index (κ1) is 19.2. The second kappa shape index (κ2) is 6.19. The second-order valence-corrected chi connectivity index (χ2v) is 10.3. The van der Waals surface area contributed by atoms with Crippen LogP contribution in [0.1, 0.15) is 38.5 Å². The summed E-state index contributed by atoms with van der Waals surface area (Å²) in [7, 11) is 1.96. The SMILES string of the molecule is C=C1N(C)c2cnc(Nc3cn4ncnc4cc3F)nc2N1C12CC3CC(CC(O)(C3)C1)C2. The number of fused-ring (bicyclic) bond motifs is 2. The Labute approximate surface area is 190 Å². The smallest absolute Gasteiger partial charge is 0.229 e. The van der Waals surface area contributed by atoms with Gasteiger partial charge in [0.05, 0.1) is 29.2 Å². The summed E-state index contributed by atoms with van der Waals surface area (Å²) in [6, 6.07) is 1.32. The molecule has 2 unspecified atom stereocenters. The number of pyridine rings is 1. The van der Waals surface area contributed by atoms with Gasteiger partial charge in [-0.15, -0.1) is 0 Å². The zero-order chi connectivity index (χ0) is 22.5. The van der Waals surface area contributed by atoms with E-state index in [-0.39, 0.29) is 11.2 Å². The Bertz CT molecular complexity index is 1310. The number of aliphatic hydroxyl groups is 1. The monoisotopic (exact) mass is 448 g/mol. The Morgan fingerprint density at radius 1 is 1.21 bits per heavy atom. The summed E-state index contributed by atoms with van der Waals surface area (Å²) in [4.78, 5) is 17.5. The molecular formula is C23H25FN8O. The molecule has 0 aromatic carbocycles. The standard InChI is InChI=1S/C23H25FN8O/c1-13-30(2)18-9-25-21(28-17-10-31-19(4-16(17)24)26-12-27-31)29-20(18)32(13)22-5-14-3-15(6-22)8-23(33,7-14)11-22/h4,9-10,12,14-15,33H,1,3,5-8,11H2,2H3,(H,25,28,29). The summed E-state index contributed by atoms with van der Waals surface area (Å²) in [6.45, 7) is 4.37. The second-order valence-electron chi connectivity index (χ2n) is 10.3. The highest BCUT2D eigenvalue weighted by Gasteiger charge is 2.61. The fraction of sp³-hybridized carbons (Fsp3) is 0.478. The van der Waals surface area contributed by atoms with E-state index in [2.05, 4.69) is 31.9 Å². The molecule has 4 heterocycles. The van der Waals surface area contributed by atoms with E-state index in [0.717, 1.165) is 49.4 Å². The van der Waals surface area contributed by atoms with Gasteiger partial charge in [-0.05, 0) is 50.4 Å². The van der Waals surface area contributed by atoms with Crippen LogP contribution in [0.25, 0.3) is 5.65 Å². The molecule has 4 aliphatic carbocycles. The van der Waals surface area contributed by atoms with Gasteiger partial charge in [0.2, 0.25) is 5.95 Å². The quantitative estimate of drug-likeness (QED) is 0.631. The molecule has 2 atom stereocenters. The predicted molar refractivity (Wildman–Crippen MR) is 121 cm³/mol. The maximum absolute atomic E-state index is 14.6. The molecule has 4 bridgehead atoms. The summed E-state index contributed by atoms with van der Waals surface area (Å²) in [5.41, 5.74) is 0.702. The number of anilines is 4. The molecule has 33 heavy (non-hydrogen) atoms. The molecule has 3 aromatic rings. The molecule has 4 fully saturated rings. The van der Waals surface area contributed by atoms with Crippen LogP contribution in [-0.4, -0.2) is 47.9 Å². The van der Waals surface area contributed by atoms with Crippen LogP contribution in [0.4, 0.5) is 27.5 Å². The van der Waals surface area contributed by atoms with Gasteiger partial charge >= 0.3 is 0 Å². The van der Waals surface area contributed by atoms with E-state index >= 15 is 0 Å². The topological polar surface area (TPSA) is 94.7 Å². The van der Waals surface area contributed by atoms with E-state index in [1.54, 1.807) is 6.20 Å². The minimum atomic E-state index is -0.601. The van der Waals surface area contributed by atoms with Crippen LogP contribution in [-0.2, 0) is 0 Å². The number of nitrogens with zero attached hydrogens (tertiary/aromatic N) is 7. The fourth-order valence-electron chi connectivity index (χ4n) is 7.21. The van der Waals surface area contributed by atoms with Crippen LogP contribution < -0.4 is 15.1 Å². The van der Waals surface area contributed by atoms with Gasteiger partial charge in [0, 0.05) is 13.1 Å². The summed E-state index contributed by atoms with van der Waals surface area (Å²) in [5, 5.41) is 18.4. The zero-order valence-corrected chi connectivity index (χ0v) is 18.4. The molecule has 0 amide bonds. The minimum absolute atomic E-state index is 0.202. The molecular weight excluding hydrogens is 423 g/mol. The largest absolute Gasteiger partial charge is 0.390 e. The van der Waals surface area contributed by atoms with Gasteiger partial charge in [0.15, 0.2) is 17.3 Å². The van der Waals surface area contributed by atoms with Gasteiger partial charge in [-0.3, -0.25) is 0 Å². The molecule has 2 N–H and O–H groups in total. The minimum Gasteiger partial charge on any atom is -0.390 e. The lowest BCUT2D eigenvalue weighted by Crippen LogP contribution is -2.65. The van der Waals surface area contributed by atoms with Gasteiger partial charge in [0.25, 0.3) is 0 Å². The van der Waals surface area contributed by atoms with E-state index in [1.807, 2.05) is 11.9 Å². The molecule has 0 radical (unpaired) electrons. The molecule has 4 saturated carbocycles. The lowest BCUT2D eigenvalue weighted by Gasteiger charge is -2.62. The molecule has 0 spiro atoms. The predicted octanol–water partition coefficient (Wildman–Crippen LogP) is 3.21. The Morgan fingerprint density at radius 2 is 2.00 bits per heavy atom. The summed E-state index contributed by atoms with van der Waals surface area (Å²) < 4.78 is 16.1. The lowest BCUT2D eigenvalue weighted by atomic mass is 9.50. The van der Waals surface area contributed by atoms with Crippen molar-refractivity contribution in [3.63, 3.8) is 0 Å². The van der Waals surface area contributed by atoms with Crippen LogP contribution >= 0.6 is 0 Å². The average molecular weight is 449 g/mol. The maximum Gasteiger partial charge on any atom is 0.229 e. The lowest BCUT2D eigenvalue weighted by molar-refractivity contribution is -0.133. The van der Waals surface area contributed by atoms with Gasteiger partial charge < -0.3 is 20.2 Å². The summed E-state index contributed by atoms with van der Waals surface area (Å²) >= 11 is 0. The van der Waals surface area contributed by atoms with Crippen molar-refractivity contribution in [2.24, 2.45) is 11.8 Å². The number of rotatable bonds is 3. The molecule has 0 saturated heterocycles. The van der Waals surface area contributed by atoms with Gasteiger partial charge in [0.1, 0.15) is 17.8 Å². The number of hydrogen-bond donors (Lipinski definition) is 2. The normalized spacial score (nSPS) is 32.2. The first-order valence-corrected chi connectivity index (χ1v) is 11.4. The third-order valence-electron chi connectivity index (χ3n) is 8.05. The van der Waals surface area contributed by atoms with Crippen molar-refractivity contribution in [2.45, 2.75) is 49.7 Å². The van der Waals surface area contributed by atoms with Crippen LogP contribution in [0, 0.1) is 17.7 Å². The first-order chi connectivity index (χ1) is 15.8. The summed E-state index contributed by atoms with van der Waals surface area (Å²) in [6.07, 6.45) is 10.4. The Hall–Kier alpha value is -3.27. The van der Waals surface area contributed by atoms with Crippen molar-refractivity contribution in [1.82, 2.24) is 24.6 Å². The Kier molecular flexibility index (Phi) is 3.61. The van der Waals surface area contributed by atoms with Crippen LogP contribution in [0.15, 0.2) is 37.2 Å². The number of hydrogen-bond acceptors (Lipinski definition) is 8. The van der Waals surface area contributed by atoms with Crippen molar-refractivity contribution in [3.8, 4) is 0 Å². The molecule has 1 aliphatic heterocycles. The molecule has 5 aliphatic rings. The molecule has 3 aromatic heterocycles. The first-order valence-electron chi connectivity index (χ1n) is 11.4. The number of halogens is 1. The van der Waals surface area contributed by atoms with Crippen LogP contribution in [0.5, 0.6) is 0 Å². The number of aromatic nitrogens is 5. The van der Waals surface area contributed by atoms with E-state index in [0.29, 0.717) is 23.4 Å². The third kappa shape index (κ3) is 2.67. The average Bonchev–Trinajstić information content (AvgIpc) is 3.28. The van der Waals surface area contributed by atoms with Crippen molar-refractivity contribution in [3.05, 3.63) is 43.0 Å². The highest BCUT2D eigenvalue weighted by molar-refractivity contribution is 5.80. The van der Waals surface area contributed by atoms with E-state index in [1.165, 1.54) is 29.5 Å². The van der Waals surface area contributed by atoms with Crippen molar-refractivity contribution < 1.29 is 9.50 Å². The molecule has 8 rings (SSSR count). The maximum atomic E-state index is 14.6. The van der Waals surface area contributed by atoms with Gasteiger partial charge in [-0.25, -0.2) is 18.9 Å². The highest BCUT2D eigenvalue weighted by atomic mass is 19.1. The summed E-state index contributed by atoms with van der Waals surface area (Å²) in [5.74, 6) is 2.50.